The molecule has 0 atom stereocenters. The normalized spacial score (nSPS) is 16.8. The maximum absolute atomic E-state index is 12.0. The summed E-state index contributed by atoms with van der Waals surface area (Å²) in [4.78, 5) is 18.5. The topological polar surface area (TPSA) is 44.7 Å². The summed E-state index contributed by atoms with van der Waals surface area (Å²) in [6, 6.07) is 8.21. The van der Waals surface area contributed by atoms with Crippen molar-refractivity contribution in [1.29, 1.82) is 0 Å². The summed E-state index contributed by atoms with van der Waals surface area (Å²) in [6.07, 6.45) is 0.428. The number of hydrogen-bond donors (Lipinski definition) is 1. The second-order valence-corrected chi connectivity index (χ2v) is 5.82. The van der Waals surface area contributed by atoms with E-state index in [2.05, 4.69) is 34.3 Å². The molecular weight excluding hydrogens is 270 g/mol. The van der Waals surface area contributed by atoms with Crippen molar-refractivity contribution in [2.24, 2.45) is 4.99 Å². The number of thioether (sulfide) groups is 1. The molecule has 1 N–H and O–H groups in total. The number of aliphatic imine (C=N–C) groups is 1. The van der Waals surface area contributed by atoms with Gasteiger partial charge in [0.15, 0.2) is 5.17 Å². The fourth-order valence-corrected chi connectivity index (χ4v) is 3.20. The predicted molar refractivity (Wildman–Crippen MR) is 82.3 cm³/mol. The van der Waals surface area contributed by atoms with E-state index in [9.17, 15) is 4.79 Å². The number of carbonyl (C=O) groups excluding carboxylic acids is 1. The molecule has 0 aliphatic carbocycles. The van der Waals surface area contributed by atoms with Crippen LogP contribution in [-0.2, 0) is 11.3 Å². The van der Waals surface area contributed by atoms with Crippen LogP contribution in [0.25, 0.3) is 0 Å². The zero-order valence-electron chi connectivity index (χ0n) is 11.4. The van der Waals surface area contributed by atoms with E-state index >= 15 is 0 Å². The summed E-state index contributed by atoms with van der Waals surface area (Å²) in [5.74, 6) is 0.0607. The van der Waals surface area contributed by atoms with Gasteiger partial charge in [0, 0.05) is 18.8 Å². The van der Waals surface area contributed by atoms with Gasteiger partial charge in [-0.1, -0.05) is 41.6 Å². The van der Waals surface area contributed by atoms with E-state index < -0.39 is 0 Å². The van der Waals surface area contributed by atoms with Gasteiger partial charge in [-0.3, -0.25) is 9.79 Å². The molecule has 0 bridgehead atoms. The Bertz CT molecular complexity index is 577. The first-order valence-corrected chi connectivity index (χ1v) is 7.60. The molecule has 3 rings (SSSR count). The Morgan fingerprint density at radius 2 is 2.20 bits per heavy atom. The fraction of sp³-hybridized carbons (Fsp3) is 0.333. The molecule has 1 aromatic carbocycles. The highest BCUT2D eigenvalue weighted by atomic mass is 32.2. The van der Waals surface area contributed by atoms with Crippen LogP contribution in [0.2, 0.25) is 0 Å². The standard InChI is InChI=1S/C15H17N3OS/c1-11-2-4-12(5-3-11)9-17-14(19)8-13-10-20-15-16-6-7-18(13)15/h2-5,10H,6-9H2,1H3,(H,17,19). The van der Waals surface area contributed by atoms with Gasteiger partial charge in [-0.25, -0.2) is 0 Å². The Labute approximate surface area is 123 Å². The monoisotopic (exact) mass is 287 g/mol. The Kier molecular flexibility index (Phi) is 3.78. The molecule has 2 aliphatic heterocycles. The van der Waals surface area contributed by atoms with Gasteiger partial charge in [-0.2, -0.15) is 0 Å². The van der Waals surface area contributed by atoms with Crippen molar-refractivity contribution in [1.82, 2.24) is 10.2 Å². The number of amidine groups is 1. The van der Waals surface area contributed by atoms with Crippen LogP contribution in [0.5, 0.6) is 0 Å². The lowest BCUT2D eigenvalue weighted by atomic mass is 10.1. The van der Waals surface area contributed by atoms with Gasteiger partial charge in [0.05, 0.1) is 13.0 Å². The average Bonchev–Trinajstić information content (AvgIpc) is 3.03. The second-order valence-electron chi connectivity index (χ2n) is 4.98. The van der Waals surface area contributed by atoms with E-state index in [0.717, 1.165) is 29.5 Å². The third-order valence-corrected chi connectivity index (χ3v) is 4.35. The van der Waals surface area contributed by atoms with Gasteiger partial charge in [-0.05, 0) is 17.9 Å². The molecule has 2 aliphatic rings. The summed E-state index contributed by atoms with van der Waals surface area (Å²) in [5, 5.41) is 6.03. The first kappa shape index (κ1) is 13.2. The summed E-state index contributed by atoms with van der Waals surface area (Å²) < 4.78 is 0. The Morgan fingerprint density at radius 1 is 1.40 bits per heavy atom. The van der Waals surface area contributed by atoms with Gasteiger partial charge in [0.25, 0.3) is 0 Å². The lowest BCUT2D eigenvalue weighted by Gasteiger charge is -2.16. The molecule has 1 amide bonds. The van der Waals surface area contributed by atoms with Crippen LogP contribution in [0, 0.1) is 6.92 Å². The Balaban J connectivity index is 1.50. The van der Waals surface area contributed by atoms with Crippen molar-refractivity contribution < 1.29 is 4.79 Å². The van der Waals surface area contributed by atoms with E-state index in [4.69, 9.17) is 0 Å². The predicted octanol–water partition coefficient (Wildman–Crippen LogP) is 2.26. The zero-order chi connectivity index (χ0) is 13.9. The third kappa shape index (κ3) is 2.88. The summed E-state index contributed by atoms with van der Waals surface area (Å²) in [6.45, 7) is 4.38. The first-order valence-electron chi connectivity index (χ1n) is 6.72. The number of fused-ring (bicyclic) bond motifs is 1. The van der Waals surface area contributed by atoms with Crippen molar-refractivity contribution >= 4 is 22.8 Å². The number of hydrogen-bond acceptors (Lipinski definition) is 4. The molecule has 104 valence electrons. The molecule has 1 aromatic rings. The fourth-order valence-electron chi connectivity index (χ4n) is 2.25. The summed E-state index contributed by atoms with van der Waals surface area (Å²) in [7, 11) is 0. The Hall–Kier alpha value is -1.75. The van der Waals surface area contributed by atoms with Crippen molar-refractivity contribution in [3.8, 4) is 0 Å². The van der Waals surface area contributed by atoms with Crippen molar-refractivity contribution in [2.75, 3.05) is 13.1 Å². The van der Waals surface area contributed by atoms with Crippen LogP contribution in [-0.4, -0.2) is 29.1 Å². The number of carbonyl (C=O) groups is 1. The SMILES string of the molecule is Cc1ccc(CNC(=O)CC2=CSC3=NCCN23)cc1. The third-order valence-electron chi connectivity index (χ3n) is 3.40. The van der Waals surface area contributed by atoms with E-state index in [1.165, 1.54) is 5.56 Å². The number of nitrogens with one attached hydrogen (secondary N) is 1. The molecule has 2 heterocycles. The number of amides is 1. The molecule has 20 heavy (non-hydrogen) atoms. The zero-order valence-corrected chi connectivity index (χ0v) is 12.2. The second kappa shape index (κ2) is 5.71. The number of nitrogens with zero attached hydrogens (tertiary/aromatic N) is 2. The quantitative estimate of drug-likeness (QED) is 0.924. The van der Waals surface area contributed by atoms with Crippen molar-refractivity contribution in [3.63, 3.8) is 0 Å². The van der Waals surface area contributed by atoms with Crippen LogP contribution in [0.4, 0.5) is 0 Å². The Morgan fingerprint density at radius 3 is 3.00 bits per heavy atom. The van der Waals surface area contributed by atoms with Gasteiger partial charge < -0.3 is 10.2 Å². The minimum absolute atomic E-state index is 0.0607. The highest BCUT2D eigenvalue weighted by Crippen LogP contribution is 2.30. The lowest BCUT2D eigenvalue weighted by molar-refractivity contribution is -0.120. The van der Waals surface area contributed by atoms with Crippen LogP contribution in [0.15, 0.2) is 40.4 Å². The molecule has 0 unspecified atom stereocenters. The van der Waals surface area contributed by atoms with Gasteiger partial charge in [0.2, 0.25) is 5.91 Å². The summed E-state index contributed by atoms with van der Waals surface area (Å²) in [5.41, 5.74) is 3.42. The molecular formula is C15H17N3OS. The summed E-state index contributed by atoms with van der Waals surface area (Å²) >= 11 is 1.61. The maximum atomic E-state index is 12.0. The number of aryl methyl sites for hydroxylation is 1. The highest BCUT2D eigenvalue weighted by molar-refractivity contribution is 8.16. The van der Waals surface area contributed by atoms with E-state index in [1.54, 1.807) is 11.8 Å². The lowest BCUT2D eigenvalue weighted by Crippen LogP contribution is -2.28. The van der Waals surface area contributed by atoms with Gasteiger partial charge >= 0.3 is 0 Å². The molecule has 0 saturated carbocycles. The molecule has 0 radical (unpaired) electrons. The molecule has 5 heteroatoms. The van der Waals surface area contributed by atoms with Crippen molar-refractivity contribution in [2.45, 2.75) is 19.9 Å². The smallest absolute Gasteiger partial charge is 0.226 e. The van der Waals surface area contributed by atoms with E-state index in [1.807, 2.05) is 17.5 Å². The molecule has 4 nitrogen and oxygen atoms in total. The molecule has 0 aromatic heterocycles. The first-order chi connectivity index (χ1) is 9.72. The molecule has 0 saturated heterocycles. The highest BCUT2D eigenvalue weighted by Gasteiger charge is 2.27. The average molecular weight is 287 g/mol. The van der Waals surface area contributed by atoms with Crippen LogP contribution >= 0.6 is 11.8 Å². The minimum Gasteiger partial charge on any atom is -0.352 e. The number of benzene rings is 1. The van der Waals surface area contributed by atoms with Crippen LogP contribution in [0.3, 0.4) is 0 Å². The minimum atomic E-state index is 0.0607. The molecule has 0 fully saturated rings. The van der Waals surface area contributed by atoms with Crippen LogP contribution in [0.1, 0.15) is 17.5 Å². The van der Waals surface area contributed by atoms with Gasteiger partial charge in [-0.15, -0.1) is 0 Å². The van der Waals surface area contributed by atoms with Crippen LogP contribution < -0.4 is 5.32 Å². The van der Waals surface area contributed by atoms with E-state index in [0.29, 0.717) is 13.0 Å². The van der Waals surface area contributed by atoms with E-state index in [-0.39, 0.29) is 5.91 Å². The van der Waals surface area contributed by atoms with Crippen molar-refractivity contribution in [3.05, 3.63) is 46.5 Å². The maximum Gasteiger partial charge on any atom is 0.226 e. The molecule has 0 spiro atoms. The van der Waals surface area contributed by atoms with Gasteiger partial charge in [0.1, 0.15) is 0 Å². The number of rotatable bonds is 4. The largest absolute Gasteiger partial charge is 0.352 e.